The topological polar surface area (TPSA) is 74.6 Å². The zero-order valence-corrected chi connectivity index (χ0v) is 19.0. The van der Waals surface area contributed by atoms with Crippen molar-refractivity contribution >= 4 is 22.4 Å². The van der Waals surface area contributed by atoms with Crippen molar-refractivity contribution in [1.82, 2.24) is 9.55 Å². The number of hydrogen-bond donors (Lipinski definition) is 1. The number of methoxy groups -OCH3 is 3. The van der Waals surface area contributed by atoms with Gasteiger partial charge in [0.2, 0.25) is 5.75 Å². The summed E-state index contributed by atoms with van der Waals surface area (Å²) in [7, 11) is 4.55. The fourth-order valence-corrected chi connectivity index (χ4v) is 4.17. The van der Waals surface area contributed by atoms with Crippen LogP contribution in [0, 0.1) is 13.8 Å². The number of amides is 1. The Kier molecular flexibility index (Phi) is 6.66. The molecule has 3 rings (SSSR count). The van der Waals surface area contributed by atoms with Crippen LogP contribution in [-0.2, 0) is 6.54 Å². The van der Waals surface area contributed by atoms with Crippen LogP contribution >= 0.6 is 11.3 Å². The zero-order valence-electron chi connectivity index (χ0n) is 18.2. The molecule has 0 saturated carbocycles. The lowest BCUT2D eigenvalue weighted by molar-refractivity contribution is 0.102. The van der Waals surface area contributed by atoms with Crippen LogP contribution in [0.5, 0.6) is 17.2 Å². The minimum absolute atomic E-state index is 0.299. The van der Waals surface area contributed by atoms with Crippen LogP contribution < -0.4 is 19.5 Å². The average Bonchev–Trinajstić information content (AvgIpc) is 3.32. The van der Waals surface area contributed by atoms with Gasteiger partial charge in [-0.15, -0.1) is 11.3 Å². The van der Waals surface area contributed by atoms with Gasteiger partial charge in [-0.2, -0.15) is 0 Å². The number of aromatic nitrogens is 2. The maximum Gasteiger partial charge on any atom is 0.257 e. The van der Waals surface area contributed by atoms with Crippen molar-refractivity contribution in [2.45, 2.75) is 33.7 Å². The third-order valence-corrected chi connectivity index (χ3v) is 5.71. The van der Waals surface area contributed by atoms with Gasteiger partial charge in [-0.1, -0.05) is 6.92 Å². The second kappa shape index (κ2) is 9.21. The summed E-state index contributed by atoms with van der Waals surface area (Å²) >= 11 is 1.39. The molecule has 0 radical (unpaired) electrons. The van der Waals surface area contributed by atoms with Crippen LogP contribution in [0.1, 0.15) is 35.1 Å². The number of benzene rings is 1. The summed E-state index contributed by atoms with van der Waals surface area (Å²) < 4.78 is 18.3. The quantitative estimate of drug-likeness (QED) is 0.550. The molecule has 1 N–H and O–H groups in total. The highest BCUT2D eigenvalue weighted by Gasteiger charge is 2.19. The van der Waals surface area contributed by atoms with Gasteiger partial charge in [0, 0.05) is 34.4 Å². The SMILES string of the molecule is CCCn1c(C)cc(-c2csc(NC(=O)c3cc(OC)c(OC)c(OC)c3)n2)c1C. The summed E-state index contributed by atoms with van der Waals surface area (Å²) in [6, 6.07) is 5.37. The van der Waals surface area contributed by atoms with E-state index in [0.29, 0.717) is 27.9 Å². The van der Waals surface area contributed by atoms with Gasteiger partial charge >= 0.3 is 0 Å². The minimum Gasteiger partial charge on any atom is -0.493 e. The molecule has 3 aromatic rings. The summed E-state index contributed by atoms with van der Waals surface area (Å²) in [5.74, 6) is 0.984. The predicted molar refractivity (Wildman–Crippen MR) is 119 cm³/mol. The molecule has 0 saturated heterocycles. The van der Waals surface area contributed by atoms with E-state index in [9.17, 15) is 4.79 Å². The fourth-order valence-electron chi connectivity index (χ4n) is 3.46. The maximum atomic E-state index is 12.8. The molecule has 0 unspecified atom stereocenters. The van der Waals surface area contributed by atoms with E-state index in [1.54, 1.807) is 12.1 Å². The highest BCUT2D eigenvalue weighted by Crippen LogP contribution is 2.38. The van der Waals surface area contributed by atoms with E-state index in [-0.39, 0.29) is 5.91 Å². The van der Waals surface area contributed by atoms with Crippen LogP contribution in [0.3, 0.4) is 0 Å². The first kappa shape index (κ1) is 21.7. The van der Waals surface area contributed by atoms with Gasteiger partial charge in [-0.3, -0.25) is 10.1 Å². The van der Waals surface area contributed by atoms with E-state index in [2.05, 4.69) is 41.7 Å². The van der Waals surface area contributed by atoms with Crippen molar-refractivity contribution in [2.75, 3.05) is 26.6 Å². The molecule has 0 spiro atoms. The average molecular weight is 430 g/mol. The van der Waals surface area contributed by atoms with Crippen LogP contribution in [0.2, 0.25) is 0 Å². The molecule has 0 bridgehead atoms. The molecule has 160 valence electrons. The van der Waals surface area contributed by atoms with E-state index < -0.39 is 0 Å². The molecule has 0 aliphatic carbocycles. The summed E-state index contributed by atoms with van der Waals surface area (Å²) in [5, 5.41) is 5.36. The molecule has 1 amide bonds. The first-order chi connectivity index (χ1) is 14.4. The van der Waals surface area contributed by atoms with Gasteiger partial charge in [-0.05, 0) is 38.5 Å². The summed E-state index contributed by atoms with van der Waals surface area (Å²) in [5.41, 5.74) is 4.73. The summed E-state index contributed by atoms with van der Waals surface area (Å²) in [6.45, 7) is 7.35. The zero-order chi connectivity index (χ0) is 21.8. The number of nitrogens with zero attached hydrogens (tertiary/aromatic N) is 2. The number of carbonyl (C=O) groups is 1. The Bertz CT molecular complexity index is 1030. The molecule has 0 fully saturated rings. The number of anilines is 1. The van der Waals surface area contributed by atoms with Crippen LogP contribution in [0.15, 0.2) is 23.6 Å². The van der Waals surface area contributed by atoms with Crippen LogP contribution in [0.4, 0.5) is 5.13 Å². The second-order valence-electron chi connectivity index (χ2n) is 6.84. The van der Waals surface area contributed by atoms with Gasteiger partial charge in [-0.25, -0.2) is 4.98 Å². The lowest BCUT2D eigenvalue weighted by atomic mass is 10.1. The molecular formula is C22H27N3O4S. The second-order valence-corrected chi connectivity index (χ2v) is 7.70. The molecule has 2 aromatic heterocycles. The monoisotopic (exact) mass is 429 g/mol. The summed E-state index contributed by atoms with van der Waals surface area (Å²) in [6.07, 6.45) is 1.07. The predicted octanol–water partition coefficient (Wildman–Crippen LogP) is 4.92. The van der Waals surface area contributed by atoms with Crippen molar-refractivity contribution in [1.29, 1.82) is 0 Å². The third kappa shape index (κ3) is 4.14. The Morgan fingerprint density at radius 3 is 2.33 bits per heavy atom. The molecular weight excluding hydrogens is 402 g/mol. The highest BCUT2D eigenvalue weighted by atomic mass is 32.1. The number of thiazole rings is 1. The van der Waals surface area contributed by atoms with E-state index in [1.165, 1.54) is 44.1 Å². The third-order valence-electron chi connectivity index (χ3n) is 4.95. The van der Waals surface area contributed by atoms with E-state index in [1.807, 2.05) is 5.38 Å². The number of ether oxygens (including phenoxy) is 3. The molecule has 0 atom stereocenters. The smallest absolute Gasteiger partial charge is 0.257 e. The van der Waals surface area contributed by atoms with Crippen molar-refractivity contribution in [3.05, 3.63) is 40.5 Å². The standard InChI is InChI=1S/C22H27N3O4S/c1-7-8-25-13(2)9-16(14(25)3)17-12-30-22(23-17)24-21(26)15-10-18(27-4)20(29-6)19(11-15)28-5/h9-12H,7-8H2,1-6H3,(H,23,24,26). The van der Waals surface area contributed by atoms with E-state index >= 15 is 0 Å². The number of rotatable bonds is 8. The van der Waals surface area contributed by atoms with E-state index in [0.717, 1.165) is 24.2 Å². The lowest BCUT2D eigenvalue weighted by Crippen LogP contribution is -2.12. The largest absolute Gasteiger partial charge is 0.493 e. The highest BCUT2D eigenvalue weighted by molar-refractivity contribution is 7.14. The van der Waals surface area contributed by atoms with Crippen LogP contribution in [-0.4, -0.2) is 36.8 Å². The van der Waals surface area contributed by atoms with Crippen LogP contribution in [0.25, 0.3) is 11.3 Å². The van der Waals surface area contributed by atoms with Gasteiger partial charge in [0.05, 0.1) is 27.0 Å². The fraction of sp³-hybridized carbons (Fsp3) is 0.364. The van der Waals surface area contributed by atoms with Gasteiger partial charge in [0.1, 0.15) is 0 Å². The number of hydrogen-bond acceptors (Lipinski definition) is 6. The maximum absolute atomic E-state index is 12.8. The molecule has 7 nitrogen and oxygen atoms in total. The molecule has 0 aliphatic heterocycles. The lowest BCUT2D eigenvalue weighted by Gasteiger charge is -2.13. The Hall–Kier alpha value is -3.00. The van der Waals surface area contributed by atoms with Crippen molar-refractivity contribution in [2.24, 2.45) is 0 Å². The van der Waals surface area contributed by atoms with E-state index in [4.69, 9.17) is 14.2 Å². The first-order valence-electron chi connectivity index (χ1n) is 9.67. The van der Waals surface area contributed by atoms with Crippen molar-refractivity contribution in [3.63, 3.8) is 0 Å². The molecule has 2 heterocycles. The molecule has 30 heavy (non-hydrogen) atoms. The minimum atomic E-state index is -0.299. The van der Waals surface area contributed by atoms with Crippen molar-refractivity contribution in [3.8, 4) is 28.5 Å². The number of nitrogens with one attached hydrogen (secondary N) is 1. The first-order valence-corrected chi connectivity index (χ1v) is 10.5. The normalized spacial score (nSPS) is 10.7. The number of carbonyl (C=O) groups excluding carboxylic acids is 1. The Morgan fingerprint density at radius 1 is 1.10 bits per heavy atom. The van der Waals surface area contributed by atoms with Gasteiger partial charge in [0.25, 0.3) is 5.91 Å². The Balaban J connectivity index is 1.85. The Labute approximate surface area is 180 Å². The molecule has 8 heteroatoms. The van der Waals surface area contributed by atoms with Gasteiger partial charge in [0.15, 0.2) is 16.6 Å². The molecule has 0 aliphatic rings. The molecule has 1 aromatic carbocycles. The Morgan fingerprint density at radius 2 is 1.77 bits per heavy atom. The van der Waals surface area contributed by atoms with Gasteiger partial charge < -0.3 is 18.8 Å². The number of aryl methyl sites for hydroxylation is 1. The van der Waals surface area contributed by atoms with Crippen molar-refractivity contribution < 1.29 is 19.0 Å². The summed E-state index contributed by atoms with van der Waals surface area (Å²) in [4.78, 5) is 17.4.